The summed E-state index contributed by atoms with van der Waals surface area (Å²) in [5.74, 6) is 0. The van der Waals surface area contributed by atoms with Crippen LogP contribution in [0, 0.1) is 0 Å². The maximum absolute atomic E-state index is 5.18. The molecule has 0 amide bonds. The molecule has 1 rings (SSSR count). The highest BCUT2D eigenvalue weighted by Crippen LogP contribution is 2.18. The van der Waals surface area contributed by atoms with Crippen molar-refractivity contribution in [1.82, 2.24) is 10.2 Å². The average molecular weight is 275 g/mol. The Morgan fingerprint density at radius 2 is 2.27 bits per heavy atom. The van der Waals surface area contributed by atoms with Gasteiger partial charge in [0.15, 0.2) is 4.67 Å². The van der Waals surface area contributed by atoms with Crippen LogP contribution in [0.1, 0.15) is 18.9 Å². The highest BCUT2D eigenvalue weighted by molar-refractivity contribution is 9.10. The second kappa shape index (κ2) is 7.04. The van der Waals surface area contributed by atoms with Gasteiger partial charge in [0.05, 0.1) is 6.26 Å². The summed E-state index contributed by atoms with van der Waals surface area (Å²) in [6.45, 7) is 6.30. The molecule has 0 saturated carbocycles. The molecule has 0 aliphatic heterocycles. The molecule has 1 N–H and O–H groups in total. The van der Waals surface area contributed by atoms with Crippen LogP contribution < -0.4 is 5.32 Å². The van der Waals surface area contributed by atoms with E-state index < -0.39 is 0 Å². The molecule has 3 nitrogen and oxygen atoms in total. The van der Waals surface area contributed by atoms with Gasteiger partial charge < -0.3 is 14.6 Å². The number of nitrogens with zero attached hydrogens (tertiary/aromatic N) is 1. The Hall–Kier alpha value is -0.320. The predicted molar refractivity (Wildman–Crippen MR) is 65.9 cm³/mol. The van der Waals surface area contributed by atoms with Crippen LogP contribution in [0.2, 0.25) is 0 Å². The van der Waals surface area contributed by atoms with Gasteiger partial charge in [-0.25, -0.2) is 0 Å². The number of hydrogen-bond donors (Lipinski definition) is 1. The summed E-state index contributed by atoms with van der Waals surface area (Å²) in [5, 5.41) is 3.38. The lowest BCUT2D eigenvalue weighted by Gasteiger charge is -2.15. The number of halogens is 1. The van der Waals surface area contributed by atoms with Gasteiger partial charge in [-0.05, 0) is 42.0 Å². The number of furan rings is 1. The van der Waals surface area contributed by atoms with Gasteiger partial charge in [0, 0.05) is 25.2 Å². The monoisotopic (exact) mass is 274 g/mol. The van der Waals surface area contributed by atoms with Gasteiger partial charge in [-0.15, -0.1) is 0 Å². The van der Waals surface area contributed by atoms with Gasteiger partial charge in [-0.1, -0.05) is 6.92 Å². The molecule has 0 saturated heterocycles. The molecule has 1 heterocycles. The van der Waals surface area contributed by atoms with Crippen molar-refractivity contribution < 1.29 is 4.42 Å². The molecule has 0 aliphatic carbocycles. The molecule has 0 bridgehead atoms. The topological polar surface area (TPSA) is 28.4 Å². The first kappa shape index (κ1) is 12.7. The van der Waals surface area contributed by atoms with Crippen molar-refractivity contribution in [2.45, 2.75) is 19.9 Å². The fraction of sp³-hybridized carbons (Fsp3) is 0.636. The van der Waals surface area contributed by atoms with Crippen LogP contribution in [-0.4, -0.2) is 31.6 Å². The minimum Gasteiger partial charge on any atom is -0.457 e. The maximum atomic E-state index is 5.18. The molecule has 1 aromatic rings. The molecule has 0 aliphatic rings. The van der Waals surface area contributed by atoms with E-state index >= 15 is 0 Å². The fourth-order valence-corrected chi connectivity index (χ4v) is 1.74. The number of likely N-dealkylation sites (N-methyl/N-ethyl adjacent to an activating group) is 1. The lowest BCUT2D eigenvalue weighted by atomic mass is 10.3. The normalized spacial score (nSPS) is 11.2. The van der Waals surface area contributed by atoms with Gasteiger partial charge in [-0.3, -0.25) is 0 Å². The summed E-state index contributed by atoms with van der Waals surface area (Å²) in [5.41, 5.74) is 1.20. The molecule has 15 heavy (non-hydrogen) atoms. The summed E-state index contributed by atoms with van der Waals surface area (Å²) in [7, 11) is 2.12. The van der Waals surface area contributed by atoms with E-state index in [9.17, 15) is 0 Å². The number of hydrogen-bond acceptors (Lipinski definition) is 3. The van der Waals surface area contributed by atoms with Crippen LogP contribution in [0.25, 0.3) is 0 Å². The zero-order chi connectivity index (χ0) is 11.1. The Labute approximate surface area is 100.0 Å². The van der Waals surface area contributed by atoms with Gasteiger partial charge in [-0.2, -0.15) is 0 Å². The fourth-order valence-electron chi connectivity index (χ4n) is 1.37. The molecular weight excluding hydrogens is 256 g/mol. The van der Waals surface area contributed by atoms with Crippen molar-refractivity contribution >= 4 is 15.9 Å². The van der Waals surface area contributed by atoms with E-state index in [-0.39, 0.29) is 0 Å². The smallest absolute Gasteiger partial charge is 0.173 e. The molecule has 0 unspecified atom stereocenters. The van der Waals surface area contributed by atoms with E-state index in [0.717, 1.165) is 30.8 Å². The van der Waals surface area contributed by atoms with Gasteiger partial charge in [0.25, 0.3) is 0 Å². The van der Waals surface area contributed by atoms with Gasteiger partial charge in [0.1, 0.15) is 0 Å². The van der Waals surface area contributed by atoms with E-state index in [1.54, 1.807) is 6.26 Å². The van der Waals surface area contributed by atoms with E-state index in [1.165, 1.54) is 12.0 Å². The molecular formula is C11H19BrN2O. The highest BCUT2D eigenvalue weighted by Gasteiger charge is 2.05. The lowest BCUT2D eigenvalue weighted by Crippen LogP contribution is -2.29. The van der Waals surface area contributed by atoms with Crippen molar-refractivity contribution in [1.29, 1.82) is 0 Å². The largest absolute Gasteiger partial charge is 0.457 e. The minimum atomic E-state index is 0.843. The summed E-state index contributed by atoms with van der Waals surface area (Å²) >= 11 is 3.38. The van der Waals surface area contributed by atoms with Gasteiger partial charge in [0.2, 0.25) is 0 Å². The Morgan fingerprint density at radius 3 is 2.87 bits per heavy atom. The number of nitrogens with one attached hydrogen (secondary N) is 1. The molecule has 0 spiro atoms. The van der Waals surface area contributed by atoms with Gasteiger partial charge >= 0.3 is 0 Å². The molecule has 86 valence electrons. The third kappa shape index (κ3) is 4.82. The van der Waals surface area contributed by atoms with Crippen LogP contribution in [0.15, 0.2) is 21.4 Å². The number of rotatable bonds is 7. The van der Waals surface area contributed by atoms with E-state index in [2.05, 4.69) is 40.1 Å². The lowest BCUT2D eigenvalue weighted by molar-refractivity contribution is 0.322. The van der Waals surface area contributed by atoms with Crippen molar-refractivity contribution in [2.75, 3.05) is 26.7 Å². The highest BCUT2D eigenvalue weighted by atomic mass is 79.9. The third-order valence-electron chi connectivity index (χ3n) is 2.23. The van der Waals surface area contributed by atoms with Crippen LogP contribution in [0.5, 0.6) is 0 Å². The maximum Gasteiger partial charge on any atom is 0.173 e. The quantitative estimate of drug-likeness (QED) is 0.775. The SMILES string of the molecule is CCCNCCN(C)Cc1ccoc1Br. The van der Waals surface area contributed by atoms with E-state index in [1.807, 2.05) is 6.07 Å². The first-order valence-electron chi connectivity index (χ1n) is 5.35. The molecule has 0 fully saturated rings. The molecule has 0 aromatic carbocycles. The molecule has 1 aromatic heterocycles. The van der Waals surface area contributed by atoms with Crippen LogP contribution in [0.4, 0.5) is 0 Å². The summed E-state index contributed by atoms with van der Waals surface area (Å²) in [6, 6.07) is 2.00. The van der Waals surface area contributed by atoms with E-state index in [4.69, 9.17) is 4.42 Å². The first-order chi connectivity index (χ1) is 7.24. The Kier molecular flexibility index (Phi) is 5.98. The first-order valence-corrected chi connectivity index (χ1v) is 6.14. The zero-order valence-electron chi connectivity index (χ0n) is 9.42. The predicted octanol–water partition coefficient (Wildman–Crippen LogP) is 2.47. The second-order valence-electron chi connectivity index (χ2n) is 3.71. The minimum absolute atomic E-state index is 0.843. The Bertz CT molecular complexity index is 275. The van der Waals surface area contributed by atoms with Crippen LogP contribution >= 0.6 is 15.9 Å². The molecule has 0 atom stereocenters. The molecule has 4 heteroatoms. The van der Waals surface area contributed by atoms with Crippen LogP contribution in [0.3, 0.4) is 0 Å². The molecule has 0 radical (unpaired) electrons. The van der Waals surface area contributed by atoms with Crippen molar-refractivity contribution in [3.63, 3.8) is 0 Å². The summed E-state index contributed by atoms with van der Waals surface area (Å²) in [6.07, 6.45) is 2.90. The van der Waals surface area contributed by atoms with Crippen LogP contribution in [-0.2, 0) is 6.54 Å². The van der Waals surface area contributed by atoms with Crippen molar-refractivity contribution in [2.24, 2.45) is 0 Å². The second-order valence-corrected chi connectivity index (χ2v) is 4.43. The van der Waals surface area contributed by atoms with Crippen molar-refractivity contribution in [3.05, 3.63) is 22.6 Å². The standard InChI is InChI=1S/C11H19BrN2O/c1-3-5-13-6-7-14(2)9-10-4-8-15-11(10)12/h4,8,13H,3,5-7,9H2,1-2H3. The third-order valence-corrected chi connectivity index (χ3v) is 2.93. The average Bonchev–Trinajstić information content (AvgIpc) is 2.59. The summed E-state index contributed by atoms with van der Waals surface area (Å²) < 4.78 is 6.03. The zero-order valence-corrected chi connectivity index (χ0v) is 11.0. The Balaban J connectivity index is 2.18. The Morgan fingerprint density at radius 1 is 1.47 bits per heavy atom. The summed E-state index contributed by atoms with van der Waals surface area (Å²) in [4.78, 5) is 2.28. The van der Waals surface area contributed by atoms with Crippen molar-refractivity contribution in [3.8, 4) is 0 Å². The van der Waals surface area contributed by atoms with E-state index in [0.29, 0.717) is 0 Å².